The third-order valence-electron chi connectivity index (χ3n) is 8.66. The standard InChI is InChI=1S/C44H32S4/c1-2-8-36-30-46-38-23-15-32(16-24-38)42-10-4-6-12-44(42)34-19-27-40(28-20-34)48-47-39-25-17-33(18-26-39)43-11-5-3-9-41(43)31-13-21-37(22-14-31)45-29-35(36)7-1/h1-28H,29-30H2. The monoisotopic (exact) mass is 688 g/mol. The largest absolute Gasteiger partial charge is 0.121 e. The van der Waals surface area contributed by atoms with Crippen LogP contribution in [0.25, 0.3) is 44.5 Å². The molecule has 0 radical (unpaired) electrons. The van der Waals surface area contributed by atoms with Crippen molar-refractivity contribution < 1.29 is 0 Å². The summed E-state index contributed by atoms with van der Waals surface area (Å²) in [4.78, 5) is 5.06. The van der Waals surface area contributed by atoms with E-state index in [1.165, 1.54) is 75.2 Å². The van der Waals surface area contributed by atoms with E-state index in [1.807, 2.05) is 23.5 Å². The Bertz CT molecular complexity index is 1990. The fourth-order valence-corrected chi connectivity index (χ4v) is 9.87. The summed E-state index contributed by atoms with van der Waals surface area (Å²) in [5.41, 5.74) is 12.8. The number of thioether (sulfide) groups is 2. The van der Waals surface area contributed by atoms with Crippen LogP contribution in [0.3, 0.4) is 0 Å². The van der Waals surface area contributed by atoms with Gasteiger partial charge in [-0.1, -0.05) is 143 Å². The normalized spacial score (nSPS) is 12.9. The van der Waals surface area contributed by atoms with Crippen LogP contribution in [0.5, 0.6) is 0 Å². The van der Waals surface area contributed by atoms with Gasteiger partial charge < -0.3 is 0 Å². The summed E-state index contributed by atoms with van der Waals surface area (Å²) in [6, 6.07) is 62.5. The molecule has 232 valence electrons. The molecule has 7 aromatic carbocycles. The Balaban J connectivity index is 1.14. The van der Waals surface area contributed by atoms with Crippen molar-refractivity contribution >= 4 is 45.1 Å². The minimum absolute atomic E-state index is 0.950. The molecule has 7 aromatic rings. The molecule has 0 nitrogen and oxygen atoms in total. The van der Waals surface area contributed by atoms with E-state index in [-0.39, 0.29) is 0 Å². The quantitative estimate of drug-likeness (QED) is 0.145. The Labute approximate surface area is 299 Å². The molecule has 0 aromatic heterocycles. The van der Waals surface area contributed by atoms with Gasteiger partial charge in [0.15, 0.2) is 0 Å². The first-order valence-corrected chi connectivity index (χ1v) is 20.2. The van der Waals surface area contributed by atoms with Crippen LogP contribution < -0.4 is 0 Å². The van der Waals surface area contributed by atoms with Crippen LogP contribution in [0.4, 0.5) is 0 Å². The third-order valence-corrected chi connectivity index (χ3v) is 13.2. The predicted molar refractivity (Wildman–Crippen MR) is 212 cm³/mol. The average molecular weight is 689 g/mol. The average Bonchev–Trinajstić information content (AvgIpc) is 3.16. The van der Waals surface area contributed by atoms with Gasteiger partial charge in [0, 0.05) is 31.1 Å². The van der Waals surface area contributed by atoms with Crippen LogP contribution >= 0.6 is 45.1 Å². The van der Waals surface area contributed by atoms with Crippen molar-refractivity contribution in [3.63, 3.8) is 0 Å². The van der Waals surface area contributed by atoms with Gasteiger partial charge >= 0.3 is 0 Å². The molecule has 7 aliphatic rings. The Hall–Kier alpha value is -4.06. The van der Waals surface area contributed by atoms with Crippen LogP contribution in [0.2, 0.25) is 0 Å². The first-order chi connectivity index (χ1) is 23.8. The van der Waals surface area contributed by atoms with E-state index in [4.69, 9.17) is 0 Å². The lowest BCUT2D eigenvalue weighted by Gasteiger charge is -2.13. The highest BCUT2D eigenvalue weighted by atomic mass is 33.1. The number of hydrogen-bond donors (Lipinski definition) is 0. The van der Waals surface area contributed by atoms with E-state index in [2.05, 4.69) is 170 Å². The van der Waals surface area contributed by atoms with Gasteiger partial charge in [0.2, 0.25) is 0 Å². The maximum absolute atomic E-state index is 2.28. The van der Waals surface area contributed by atoms with E-state index in [0.717, 1.165) is 11.5 Å². The van der Waals surface area contributed by atoms with Crippen molar-refractivity contribution in [1.29, 1.82) is 0 Å². The molecule has 0 saturated carbocycles. The van der Waals surface area contributed by atoms with Crippen LogP contribution in [-0.4, -0.2) is 0 Å². The van der Waals surface area contributed by atoms with Crippen molar-refractivity contribution in [2.24, 2.45) is 0 Å². The van der Waals surface area contributed by atoms with E-state index >= 15 is 0 Å². The zero-order valence-corrected chi connectivity index (χ0v) is 29.5. The first kappa shape index (κ1) is 31.2. The molecule has 0 fully saturated rings. The third kappa shape index (κ3) is 7.04. The molecule has 0 amide bonds. The van der Waals surface area contributed by atoms with Gasteiger partial charge in [-0.05, 0) is 104 Å². The smallest absolute Gasteiger partial charge is 0.0235 e. The maximum Gasteiger partial charge on any atom is 0.0235 e. The topological polar surface area (TPSA) is 0 Å². The summed E-state index contributed by atoms with van der Waals surface area (Å²) >= 11 is 3.82. The molecule has 14 rings (SSSR count). The summed E-state index contributed by atoms with van der Waals surface area (Å²) in [5, 5.41) is 0. The molecule has 4 heteroatoms. The van der Waals surface area contributed by atoms with Crippen LogP contribution in [-0.2, 0) is 11.5 Å². The molecule has 0 atom stereocenters. The van der Waals surface area contributed by atoms with Gasteiger partial charge in [-0.2, -0.15) is 0 Å². The second-order valence-electron chi connectivity index (χ2n) is 11.7. The molecule has 0 saturated heterocycles. The highest BCUT2D eigenvalue weighted by Gasteiger charge is 2.11. The number of benzene rings is 7. The van der Waals surface area contributed by atoms with Gasteiger partial charge in [-0.3, -0.25) is 0 Å². The van der Waals surface area contributed by atoms with Gasteiger partial charge in [-0.25, -0.2) is 0 Å². The fraction of sp³-hybridized carbons (Fsp3) is 0.0455. The molecule has 0 spiro atoms. The number of rotatable bonds is 0. The van der Waals surface area contributed by atoms with Crippen molar-refractivity contribution in [3.8, 4) is 44.5 Å². The second-order valence-corrected chi connectivity index (χ2v) is 16.1. The van der Waals surface area contributed by atoms with Crippen LogP contribution in [0, 0.1) is 0 Å². The molecule has 0 N–H and O–H groups in total. The zero-order valence-electron chi connectivity index (χ0n) is 26.2. The van der Waals surface area contributed by atoms with Gasteiger partial charge in [0.05, 0.1) is 0 Å². The molecule has 0 aliphatic carbocycles. The molecular formula is C44H32S4. The number of hydrogen-bond acceptors (Lipinski definition) is 4. The Morgan fingerprint density at radius 3 is 0.854 bits per heavy atom. The maximum atomic E-state index is 2.28. The lowest BCUT2D eigenvalue weighted by atomic mass is 9.95. The molecule has 8 bridgehead atoms. The van der Waals surface area contributed by atoms with Crippen LogP contribution in [0.15, 0.2) is 189 Å². The van der Waals surface area contributed by atoms with Crippen molar-refractivity contribution in [2.45, 2.75) is 31.1 Å². The summed E-state index contributed by atoms with van der Waals surface area (Å²) in [6.07, 6.45) is 0. The zero-order chi connectivity index (χ0) is 32.1. The predicted octanol–water partition coefficient (Wildman–Crippen LogP) is 14.1. The highest BCUT2D eigenvalue weighted by molar-refractivity contribution is 8.76. The highest BCUT2D eigenvalue weighted by Crippen LogP contribution is 2.41. The summed E-state index contributed by atoms with van der Waals surface area (Å²) in [7, 11) is 3.61. The van der Waals surface area contributed by atoms with Gasteiger partial charge in [0.1, 0.15) is 0 Å². The lowest BCUT2D eigenvalue weighted by molar-refractivity contribution is 1.27. The first-order valence-electron chi connectivity index (χ1n) is 16.0. The van der Waals surface area contributed by atoms with Gasteiger partial charge in [-0.15, -0.1) is 23.5 Å². The fourth-order valence-electron chi connectivity index (χ4n) is 6.07. The van der Waals surface area contributed by atoms with Gasteiger partial charge in [0.25, 0.3) is 0 Å². The van der Waals surface area contributed by atoms with Crippen LogP contribution in [0.1, 0.15) is 11.1 Å². The van der Waals surface area contributed by atoms with Crippen molar-refractivity contribution in [2.75, 3.05) is 0 Å². The summed E-state index contributed by atoms with van der Waals surface area (Å²) < 4.78 is 0. The lowest BCUT2D eigenvalue weighted by Crippen LogP contribution is -1.91. The molecular weight excluding hydrogens is 657 g/mol. The molecule has 0 unspecified atom stereocenters. The molecule has 7 heterocycles. The Morgan fingerprint density at radius 1 is 0.271 bits per heavy atom. The second kappa shape index (κ2) is 14.6. The minimum atomic E-state index is 0.950. The van der Waals surface area contributed by atoms with E-state index in [0.29, 0.717) is 0 Å². The molecule has 48 heavy (non-hydrogen) atoms. The minimum Gasteiger partial charge on any atom is -0.121 e. The summed E-state index contributed by atoms with van der Waals surface area (Å²) in [6.45, 7) is 0. The van der Waals surface area contributed by atoms with E-state index < -0.39 is 0 Å². The molecule has 7 aliphatic heterocycles. The summed E-state index contributed by atoms with van der Waals surface area (Å²) in [5.74, 6) is 1.90. The van der Waals surface area contributed by atoms with E-state index in [9.17, 15) is 0 Å². The van der Waals surface area contributed by atoms with E-state index in [1.54, 1.807) is 21.6 Å². The SMILES string of the molecule is c1ccc2c(c1)CSc1ccc(cc1)-c1ccccc1-c1ccc(cc1)SSc1ccc(cc1)-c1ccccc1-c1ccc(cc1)SC2. The Morgan fingerprint density at radius 2 is 0.542 bits per heavy atom. The van der Waals surface area contributed by atoms with Crippen molar-refractivity contribution in [1.82, 2.24) is 0 Å². The van der Waals surface area contributed by atoms with Crippen molar-refractivity contribution in [3.05, 3.63) is 181 Å². The Kier molecular flexibility index (Phi) is 9.49.